The van der Waals surface area contributed by atoms with Crippen LogP contribution in [0.2, 0.25) is 0 Å². The van der Waals surface area contributed by atoms with Gasteiger partial charge in [-0.2, -0.15) is 5.10 Å². The number of nitrogens with zero attached hydrogens (tertiary/aromatic N) is 3. The Morgan fingerprint density at radius 2 is 2.00 bits per heavy atom. The average Bonchev–Trinajstić information content (AvgIpc) is 2.94. The molecule has 2 fully saturated rings. The molecule has 0 spiro atoms. The van der Waals surface area contributed by atoms with E-state index in [1.807, 2.05) is 0 Å². The molecule has 0 aliphatic carbocycles. The topological polar surface area (TPSA) is 59.4 Å². The lowest BCUT2D eigenvalue weighted by molar-refractivity contribution is -0.0670. The third kappa shape index (κ3) is 3.19. The quantitative estimate of drug-likeness (QED) is 0.900. The number of aromatic nitrogens is 2. The van der Waals surface area contributed by atoms with Crippen molar-refractivity contribution in [3.05, 3.63) is 30.0 Å². The smallest absolute Gasteiger partial charge is 0.272 e. The van der Waals surface area contributed by atoms with Crippen molar-refractivity contribution in [3.63, 3.8) is 0 Å². The minimum atomic E-state index is -2.53. The zero-order valence-electron chi connectivity index (χ0n) is 14.6. The predicted molar refractivity (Wildman–Crippen MR) is 92.4 cm³/mol. The van der Waals surface area contributed by atoms with Crippen LogP contribution in [0.25, 0.3) is 10.9 Å². The van der Waals surface area contributed by atoms with Crippen LogP contribution in [0.4, 0.5) is 8.78 Å². The number of halogens is 2. The highest BCUT2D eigenvalue weighted by Crippen LogP contribution is 2.27. The lowest BCUT2D eigenvalue weighted by Gasteiger charge is -2.46. The van der Waals surface area contributed by atoms with Crippen molar-refractivity contribution in [2.45, 2.75) is 43.9 Å². The van der Waals surface area contributed by atoms with Crippen LogP contribution in [0, 0.1) is 0 Å². The van der Waals surface area contributed by atoms with Crippen molar-refractivity contribution >= 4 is 16.8 Å². The fourth-order valence-electron chi connectivity index (χ4n) is 4.03. The molecule has 3 atom stereocenters. The van der Waals surface area contributed by atoms with Gasteiger partial charge in [0.25, 0.3) is 12.3 Å². The van der Waals surface area contributed by atoms with Crippen LogP contribution in [0.1, 0.15) is 23.3 Å². The maximum absolute atomic E-state index is 12.8. The Morgan fingerprint density at radius 3 is 2.69 bits per heavy atom. The van der Waals surface area contributed by atoms with Crippen molar-refractivity contribution in [2.75, 3.05) is 20.3 Å². The second-order valence-corrected chi connectivity index (χ2v) is 7.09. The number of nitrogens with one attached hydrogen (secondary N) is 1. The number of piperidine rings is 1. The molecule has 26 heavy (non-hydrogen) atoms. The van der Waals surface area contributed by atoms with Gasteiger partial charge in [0, 0.05) is 23.5 Å². The number of para-hydroxylation sites is 1. The van der Waals surface area contributed by atoms with Crippen molar-refractivity contribution in [1.82, 2.24) is 20.0 Å². The van der Waals surface area contributed by atoms with Crippen molar-refractivity contribution in [3.8, 4) is 0 Å². The summed E-state index contributed by atoms with van der Waals surface area (Å²) in [5.41, 5.74) is 0.758. The number of morpholine rings is 1. The summed E-state index contributed by atoms with van der Waals surface area (Å²) in [5.74, 6) is -0.303. The standard InChI is InChI=1S/C18H22F2N4O2/c1-23-12-6-11(7-13(23)10-26-9-12)21-18(25)17-14-4-2-3-5-15(14)24(22-17)8-16(19)20/h2-5,11-13,16H,6-10H2,1H3,(H,21,25)/t11-,12-,13+. The summed E-state index contributed by atoms with van der Waals surface area (Å²) in [7, 11) is 2.09. The Labute approximate surface area is 150 Å². The Hall–Kier alpha value is -2.06. The first-order valence-corrected chi connectivity index (χ1v) is 8.87. The molecular weight excluding hydrogens is 342 g/mol. The Balaban J connectivity index is 1.55. The third-order valence-corrected chi connectivity index (χ3v) is 5.40. The number of ether oxygens (including phenoxy) is 1. The van der Waals surface area contributed by atoms with Crippen molar-refractivity contribution in [2.24, 2.45) is 0 Å². The average molecular weight is 364 g/mol. The van der Waals surface area contributed by atoms with Gasteiger partial charge in [0.1, 0.15) is 6.54 Å². The van der Waals surface area contributed by atoms with E-state index in [0.717, 1.165) is 12.8 Å². The van der Waals surface area contributed by atoms with E-state index in [2.05, 4.69) is 22.4 Å². The molecule has 1 N–H and O–H groups in total. The number of hydrogen-bond donors (Lipinski definition) is 1. The largest absolute Gasteiger partial charge is 0.378 e. The van der Waals surface area contributed by atoms with E-state index in [0.29, 0.717) is 36.2 Å². The van der Waals surface area contributed by atoms with Gasteiger partial charge >= 0.3 is 0 Å². The number of amides is 1. The third-order valence-electron chi connectivity index (χ3n) is 5.40. The molecule has 8 heteroatoms. The van der Waals surface area contributed by atoms with E-state index >= 15 is 0 Å². The number of likely N-dealkylation sites (N-methyl/N-ethyl adjacent to an activating group) is 1. The minimum absolute atomic E-state index is 0.0385. The highest BCUT2D eigenvalue weighted by Gasteiger charge is 2.37. The van der Waals surface area contributed by atoms with E-state index in [1.165, 1.54) is 4.68 Å². The van der Waals surface area contributed by atoms with E-state index in [1.54, 1.807) is 24.3 Å². The molecule has 2 aromatic rings. The Bertz CT molecular complexity index is 796. The summed E-state index contributed by atoms with van der Waals surface area (Å²) in [5, 5.41) is 7.83. The first-order chi connectivity index (χ1) is 12.5. The van der Waals surface area contributed by atoms with Gasteiger partial charge in [0.2, 0.25) is 0 Å². The molecular formula is C18H22F2N4O2. The van der Waals surface area contributed by atoms with Crippen LogP contribution >= 0.6 is 0 Å². The molecule has 140 valence electrons. The van der Waals surface area contributed by atoms with Gasteiger partial charge in [-0.25, -0.2) is 8.78 Å². The summed E-state index contributed by atoms with van der Waals surface area (Å²) < 4.78 is 32.5. The van der Waals surface area contributed by atoms with E-state index in [4.69, 9.17) is 4.74 Å². The zero-order valence-corrected chi connectivity index (χ0v) is 14.6. The van der Waals surface area contributed by atoms with Gasteiger partial charge < -0.3 is 10.1 Å². The van der Waals surface area contributed by atoms with Crippen LogP contribution in [-0.4, -0.2) is 65.4 Å². The molecule has 4 rings (SSSR count). The minimum Gasteiger partial charge on any atom is -0.378 e. The van der Waals surface area contributed by atoms with Crippen LogP contribution in [0.5, 0.6) is 0 Å². The number of benzene rings is 1. The van der Waals surface area contributed by atoms with Gasteiger partial charge in [-0.05, 0) is 26.0 Å². The van der Waals surface area contributed by atoms with Gasteiger partial charge in [-0.1, -0.05) is 18.2 Å². The Morgan fingerprint density at radius 1 is 1.31 bits per heavy atom. The molecule has 3 heterocycles. The number of carbonyl (C=O) groups is 1. The molecule has 1 amide bonds. The fourth-order valence-corrected chi connectivity index (χ4v) is 4.03. The van der Waals surface area contributed by atoms with Gasteiger partial charge in [0.15, 0.2) is 5.69 Å². The summed E-state index contributed by atoms with van der Waals surface area (Å²) >= 11 is 0. The van der Waals surface area contributed by atoms with Crippen LogP contribution in [0.3, 0.4) is 0 Å². The summed E-state index contributed by atoms with van der Waals surface area (Å²) in [6, 6.07) is 7.62. The number of rotatable bonds is 4. The predicted octanol–water partition coefficient (Wildman–Crippen LogP) is 1.89. The van der Waals surface area contributed by atoms with Crippen LogP contribution in [-0.2, 0) is 11.3 Å². The van der Waals surface area contributed by atoms with E-state index < -0.39 is 13.0 Å². The molecule has 1 aromatic heterocycles. The lowest BCUT2D eigenvalue weighted by atomic mass is 9.90. The van der Waals surface area contributed by atoms with Crippen LogP contribution in [0.15, 0.2) is 24.3 Å². The summed E-state index contributed by atoms with van der Waals surface area (Å²) in [4.78, 5) is 15.1. The molecule has 2 aliphatic heterocycles. The number of hydrogen-bond acceptors (Lipinski definition) is 4. The van der Waals surface area contributed by atoms with E-state index in [-0.39, 0.29) is 17.6 Å². The molecule has 1 aromatic carbocycles. The van der Waals surface area contributed by atoms with E-state index in [9.17, 15) is 13.6 Å². The molecule has 0 saturated carbocycles. The molecule has 0 unspecified atom stereocenters. The second kappa shape index (κ2) is 6.92. The maximum atomic E-state index is 12.8. The van der Waals surface area contributed by atoms with Gasteiger partial charge in [-0.15, -0.1) is 0 Å². The molecule has 2 aliphatic rings. The van der Waals surface area contributed by atoms with Gasteiger partial charge in [-0.3, -0.25) is 14.4 Å². The highest BCUT2D eigenvalue weighted by atomic mass is 19.3. The highest BCUT2D eigenvalue weighted by molar-refractivity contribution is 6.05. The Kier molecular flexibility index (Phi) is 4.62. The fraction of sp³-hybridized carbons (Fsp3) is 0.556. The molecule has 2 saturated heterocycles. The summed E-state index contributed by atoms with van der Waals surface area (Å²) in [6.07, 6.45) is -0.898. The molecule has 2 bridgehead atoms. The van der Waals surface area contributed by atoms with Crippen molar-refractivity contribution < 1.29 is 18.3 Å². The molecule has 0 radical (unpaired) electrons. The van der Waals surface area contributed by atoms with Gasteiger partial charge in [0.05, 0.1) is 18.7 Å². The SMILES string of the molecule is CN1[C@@H]2COC[C@H]1C[C@@H](NC(=O)c1nn(CC(F)F)c3ccccc13)C2. The van der Waals surface area contributed by atoms with Crippen molar-refractivity contribution in [1.29, 1.82) is 0 Å². The number of carbonyl (C=O) groups excluding carboxylic acids is 1. The zero-order chi connectivity index (χ0) is 18.3. The summed E-state index contributed by atoms with van der Waals surface area (Å²) in [6.45, 7) is 0.820. The molecule has 6 nitrogen and oxygen atoms in total. The van der Waals surface area contributed by atoms with Crippen LogP contribution < -0.4 is 5.32 Å². The normalized spacial score (nSPS) is 26.4. The number of alkyl halides is 2. The second-order valence-electron chi connectivity index (χ2n) is 7.09. The number of fused-ring (bicyclic) bond motifs is 3. The monoisotopic (exact) mass is 364 g/mol. The first-order valence-electron chi connectivity index (χ1n) is 8.87. The maximum Gasteiger partial charge on any atom is 0.272 e. The lowest BCUT2D eigenvalue weighted by Crippen LogP contribution is -2.59. The first kappa shape index (κ1) is 17.4.